The largest absolute Gasteiger partial charge is 0.177 e. The predicted octanol–water partition coefficient (Wildman–Crippen LogP) is 6.31. The van der Waals surface area contributed by atoms with Crippen LogP contribution in [0.25, 0.3) is 0 Å². The first-order valence-corrected chi connectivity index (χ1v) is 8.23. The Morgan fingerprint density at radius 2 is 0.560 bits per heavy atom. The van der Waals surface area contributed by atoms with Crippen molar-refractivity contribution in [2.24, 2.45) is 0 Å². The molecule has 0 fully saturated rings. The molecule has 1 radical (unpaired) electrons. The maximum atomic E-state index is 3.17. The molecule has 0 saturated carbocycles. The summed E-state index contributed by atoms with van der Waals surface area (Å²) < 4.78 is 0. The van der Waals surface area contributed by atoms with E-state index in [1.165, 1.54) is 33.4 Å². The quantitative estimate of drug-likeness (QED) is 0.409. The molecular formula is C24H27V-3. The molecule has 3 rings (SSSR count). The second kappa shape index (κ2) is 12.6. The molecule has 0 nitrogen and oxygen atoms in total. The second-order valence-electron chi connectivity index (χ2n) is 6.05. The van der Waals surface area contributed by atoms with Gasteiger partial charge in [-0.1, -0.05) is 41.5 Å². The van der Waals surface area contributed by atoms with Gasteiger partial charge < -0.3 is 0 Å². The predicted molar refractivity (Wildman–Crippen MR) is 104 cm³/mol. The minimum atomic E-state index is 0. The third-order valence-corrected chi connectivity index (χ3v) is 3.26. The van der Waals surface area contributed by atoms with E-state index in [0.717, 1.165) is 0 Å². The van der Waals surface area contributed by atoms with E-state index in [1.807, 2.05) is 96.1 Å². The van der Waals surface area contributed by atoms with Gasteiger partial charge in [-0.2, -0.15) is 106 Å². The monoisotopic (exact) mass is 366 g/mol. The van der Waals surface area contributed by atoms with Crippen LogP contribution in [0.2, 0.25) is 0 Å². The number of rotatable bonds is 0. The van der Waals surface area contributed by atoms with E-state index in [9.17, 15) is 0 Å². The molecule has 0 bridgehead atoms. The van der Waals surface area contributed by atoms with Crippen LogP contribution in [0.3, 0.4) is 0 Å². The number of hydrogen-bond acceptors (Lipinski definition) is 0. The van der Waals surface area contributed by atoms with Crippen molar-refractivity contribution in [1.29, 1.82) is 0 Å². The maximum absolute atomic E-state index is 3.17. The number of aryl methyl sites for hydroxylation is 6. The first-order chi connectivity index (χ1) is 11.4. The van der Waals surface area contributed by atoms with Crippen LogP contribution in [0.1, 0.15) is 33.4 Å². The molecule has 0 aliphatic carbocycles. The average Bonchev–Trinajstić information content (AvgIpc) is 2.47. The van der Waals surface area contributed by atoms with Crippen LogP contribution >= 0.6 is 0 Å². The Labute approximate surface area is 166 Å². The Morgan fingerprint density at radius 1 is 0.400 bits per heavy atom. The SMILES string of the molecule is Cc1[c-]c(C)ccc1.Cc1[c-]c(C)ccc1.Cc1[c-]c(C)ccc1.[V]. The smallest absolute Gasteiger partial charge is 0 e. The summed E-state index contributed by atoms with van der Waals surface area (Å²) >= 11 is 0. The van der Waals surface area contributed by atoms with E-state index < -0.39 is 0 Å². The van der Waals surface area contributed by atoms with Crippen molar-refractivity contribution in [1.82, 2.24) is 0 Å². The summed E-state index contributed by atoms with van der Waals surface area (Å²) in [4.78, 5) is 0. The topological polar surface area (TPSA) is 0 Å². The molecule has 0 saturated heterocycles. The molecule has 25 heavy (non-hydrogen) atoms. The van der Waals surface area contributed by atoms with Gasteiger partial charge in [0.2, 0.25) is 0 Å². The van der Waals surface area contributed by atoms with Gasteiger partial charge in [0.15, 0.2) is 0 Å². The summed E-state index contributed by atoms with van der Waals surface area (Å²) in [6.07, 6.45) is 0. The van der Waals surface area contributed by atoms with Gasteiger partial charge in [-0.15, -0.1) is 0 Å². The fraction of sp³-hybridized carbons (Fsp3) is 0.250. The van der Waals surface area contributed by atoms with Crippen LogP contribution in [0.4, 0.5) is 0 Å². The first kappa shape index (κ1) is 23.2. The molecule has 0 heterocycles. The molecule has 0 unspecified atom stereocenters. The molecular weight excluding hydrogens is 339 g/mol. The number of hydrogen-bond donors (Lipinski definition) is 0. The van der Waals surface area contributed by atoms with Gasteiger partial charge in [-0.3, -0.25) is 0 Å². The maximum Gasteiger partial charge on any atom is 0 e. The van der Waals surface area contributed by atoms with E-state index in [4.69, 9.17) is 0 Å². The van der Waals surface area contributed by atoms with Gasteiger partial charge in [-0.05, 0) is 0 Å². The zero-order valence-electron chi connectivity index (χ0n) is 16.1. The van der Waals surface area contributed by atoms with E-state index in [2.05, 4.69) is 18.2 Å². The van der Waals surface area contributed by atoms with Crippen LogP contribution in [-0.4, -0.2) is 0 Å². The third kappa shape index (κ3) is 11.4. The standard InChI is InChI=1S/3C8H9.V/c3*1-7-4-3-5-8(2)6-7;/h3*3-5H,1-2H3;/q3*-1;. The number of benzene rings is 3. The molecule has 3 aromatic carbocycles. The molecule has 0 aromatic heterocycles. The minimum absolute atomic E-state index is 0. The van der Waals surface area contributed by atoms with Crippen molar-refractivity contribution in [3.8, 4) is 0 Å². The molecule has 0 spiro atoms. The summed E-state index contributed by atoms with van der Waals surface area (Å²) in [5.74, 6) is 0. The normalized spacial score (nSPS) is 8.88. The van der Waals surface area contributed by atoms with Gasteiger partial charge in [0.25, 0.3) is 0 Å². The van der Waals surface area contributed by atoms with Crippen LogP contribution in [0.15, 0.2) is 54.6 Å². The van der Waals surface area contributed by atoms with Crippen molar-refractivity contribution in [3.63, 3.8) is 0 Å². The summed E-state index contributed by atoms with van der Waals surface area (Å²) in [6, 6.07) is 27.9. The van der Waals surface area contributed by atoms with E-state index >= 15 is 0 Å². The fourth-order valence-corrected chi connectivity index (χ4v) is 2.19. The Morgan fingerprint density at radius 3 is 0.640 bits per heavy atom. The molecule has 0 amide bonds. The molecule has 0 aliphatic rings. The third-order valence-electron chi connectivity index (χ3n) is 3.26. The van der Waals surface area contributed by atoms with Crippen LogP contribution < -0.4 is 0 Å². The Balaban J connectivity index is 0.000000339. The van der Waals surface area contributed by atoms with Gasteiger partial charge in [0.05, 0.1) is 0 Å². The van der Waals surface area contributed by atoms with Crippen LogP contribution in [0.5, 0.6) is 0 Å². The molecule has 1 heteroatoms. The molecule has 3 aromatic rings. The van der Waals surface area contributed by atoms with Gasteiger partial charge >= 0.3 is 0 Å². The summed E-state index contributed by atoms with van der Waals surface area (Å²) in [7, 11) is 0. The zero-order chi connectivity index (χ0) is 17.9. The van der Waals surface area contributed by atoms with Crippen molar-refractivity contribution in [2.45, 2.75) is 41.5 Å². The van der Waals surface area contributed by atoms with Crippen molar-refractivity contribution in [3.05, 3.63) is 106 Å². The van der Waals surface area contributed by atoms with Crippen LogP contribution in [-0.2, 0) is 18.6 Å². The first-order valence-electron chi connectivity index (χ1n) is 8.23. The van der Waals surface area contributed by atoms with Crippen molar-refractivity contribution >= 4 is 0 Å². The van der Waals surface area contributed by atoms with Gasteiger partial charge in [0.1, 0.15) is 0 Å². The molecule has 0 N–H and O–H groups in total. The summed E-state index contributed by atoms with van der Waals surface area (Å²) in [6.45, 7) is 12.3. The summed E-state index contributed by atoms with van der Waals surface area (Å²) in [5.41, 5.74) is 7.28. The zero-order valence-corrected chi connectivity index (χ0v) is 17.5. The van der Waals surface area contributed by atoms with Crippen molar-refractivity contribution in [2.75, 3.05) is 0 Å². The van der Waals surface area contributed by atoms with E-state index in [0.29, 0.717) is 0 Å². The van der Waals surface area contributed by atoms with Crippen molar-refractivity contribution < 1.29 is 18.6 Å². The Kier molecular flexibility index (Phi) is 11.7. The Hall–Kier alpha value is -1.76. The molecule has 131 valence electrons. The summed E-state index contributed by atoms with van der Waals surface area (Å²) in [5, 5.41) is 0. The molecule has 0 atom stereocenters. The fourth-order valence-electron chi connectivity index (χ4n) is 2.19. The molecule has 0 aliphatic heterocycles. The van der Waals surface area contributed by atoms with Gasteiger partial charge in [-0.25, -0.2) is 0 Å². The Bertz CT molecular complexity index is 589. The van der Waals surface area contributed by atoms with Gasteiger partial charge in [0, 0.05) is 18.6 Å². The van der Waals surface area contributed by atoms with E-state index in [1.54, 1.807) is 0 Å². The minimum Gasteiger partial charge on any atom is -0.177 e. The average molecular weight is 366 g/mol. The van der Waals surface area contributed by atoms with Crippen LogP contribution in [0, 0.1) is 59.7 Å². The second-order valence-corrected chi connectivity index (χ2v) is 6.05. The van der Waals surface area contributed by atoms with E-state index in [-0.39, 0.29) is 18.6 Å².